The fourth-order valence-corrected chi connectivity index (χ4v) is 1.98. The summed E-state index contributed by atoms with van der Waals surface area (Å²) in [5.41, 5.74) is 3.75. The van der Waals surface area contributed by atoms with E-state index in [2.05, 4.69) is 15.4 Å². The summed E-state index contributed by atoms with van der Waals surface area (Å²) in [4.78, 5) is 8.11. The lowest BCUT2D eigenvalue weighted by molar-refractivity contribution is 0.0383. The highest BCUT2D eigenvalue weighted by molar-refractivity contribution is 5.06. The molecule has 0 saturated carbocycles. The minimum absolute atomic E-state index is 0.0632. The van der Waals surface area contributed by atoms with E-state index in [1.165, 1.54) is 0 Å². The molecule has 1 fully saturated rings. The van der Waals surface area contributed by atoms with Gasteiger partial charge in [-0.2, -0.15) is 0 Å². The summed E-state index contributed by atoms with van der Waals surface area (Å²) < 4.78 is 5.45. The molecule has 5 nitrogen and oxygen atoms in total. The molecule has 0 bridgehead atoms. The Morgan fingerprint density at radius 2 is 2.53 bits per heavy atom. The zero-order chi connectivity index (χ0) is 10.5. The minimum Gasteiger partial charge on any atom is -0.381 e. The summed E-state index contributed by atoms with van der Waals surface area (Å²) in [5.74, 6) is 5.97. The van der Waals surface area contributed by atoms with Crippen molar-refractivity contribution >= 4 is 0 Å². The van der Waals surface area contributed by atoms with E-state index in [4.69, 9.17) is 10.6 Å². The van der Waals surface area contributed by atoms with Gasteiger partial charge in [0.1, 0.15) is 6.33 Å². The summed E-state index contributed by atoms with van der Waals surface area (Å²) >= 11 is 0. The van der Waals surface area contributed by atoms with Crippen molar-refractivity contribution < 1.29 is 4.74 Å². The SMILES string of the molecule is NNC(c1ccncn1)C1CCCOC1. The Bertz CT molecular complexity index is 287. The van der Waals surface area contributed by atoms with Crippen molar-refractivity contribution in [2.75, 3.05) is 13.2 Å². The molecular weight excluding hydrogens is 192 g/mol. The molecule has 5 heteroatoms. The van der Waals surface area contributed by atoms with Gasteiger partial charge in [0.05, 0.1) is 18.3 Å². The standard InChI is InChI=1S/C10H16N4O/c11-14-10(8-2-1-5-15-6-8)9-3-4-12-7-13-9/h3-4,7-8,10,14H,1-2,5-6,11H2. The highest BCUT2D eigenvalue weighted by Gasteiger charge is 2.25. The molecule has 1 aromatic heterocycles. The molecule has 0 aliphatic carbocycles. The zero-order valence-electron chi connectivity index (χ0n) is 8.60. The van der Waals surface area contributed by atoms with Crippen LogP contribution in [-0.4, -0.2) is 23.2 Å². The molecule has 2 heterocycles. The van der Waals surface area contributed by atoms with Crippen molar-refractivity contribution in [1.82, 2.24) is 15.4 Å². The molecule has 2 rings (SSSR count). The summed E-state index contributed by atoms with van der Waals surface area (Å²) in [6, 6.07) is 1.95. The highest BCUT2D eigenvalue weighted by Crippen LogP contribution is 2.26. The molecule has 0 spiro atoms. The van der Waals surface area contributed by atoms with E-state index < -0.39 is 0 Å². The second kappa shape index (κ2) is 5.16. The predicted molar refractivity (Wildman–Crippen MR) is 55.6 cm³/mol. The maximum absolute atomic E-state index is 5.57. The summed E-state index contributed by atoms with van der Waals surface area (Å²) in [5, 5.41) is 0. The number of rotatable bonds is 3. The Labute approximate surface area is 89.0 Å². The van der Waals surface area contributed by atoms with Crippen LogP contribution >= 0.6 is 0 Å². The first-order valence-corrected chi connectivity index (χ1v) is 5.21. The molecule has 0 aromatic carbocycles. The van der Waals surface area contributed by atoms with Crippen LogP contribution < -0.4 is 11.3 Å². The molecule has 1 aliphatic rings. The van der Waals surface area contributed by atoms with Crippen molar-refractivity contribution in [3.63, 3.8) is 0 Å². The third-order valence-electron chi connectivity index (χ3n) is 2.77. The maximum atomic E-state index is 5.57. The van der Waals surface area contributed by atoms with E-state index in [1.807, 2.05) is 6.07 Å². The Kier molecular flexibility index (Phi) is 3.60. The van der Waals surface area contributed by atoms with Gasteiger partial charge >= 0.3 is 0 Å². The van der Waals surface area contributed by atoms with Gasteiger partial charge in [0, 0.05) is 18.7 Å². The van der Waals surface area contributed by atoms with Crippen molar-refractivity contribution in [3.05, 3.63) is 24.3 Å². The quantitative estimate of drug-likeness (QED) is 0.556. The predicted octanol–water partition coefficient (Wildman–Crippen LogP) is 0.408. The van der Waals surface area contributed by atoms with E-state index in [1.54, 1.807) is 12.5 Å². The van der Waals surface area contributed by atoms with Crippen LogP contribution in [0.1, 0.15) is 24.6 Å². The fourth-order valence-electron chi connectivity index (χ4n) is 1.98. The monoisotopic (exact) mass is 208 g/mol. The number of ether oxygens (including phenoxy) is 1. The first kappa shape index (κ1) is 10.5. The lowest BCUT2D eigenvalue weighted by atomic mass is 9.92. The average Bonchev–Trinajstić information content (AvgIpc) is 2.33. The normalized spacial score (nSPS) is 23.7. The molecule has 1 aromatic rings. The molecule has 1 aliphatic heterocycles. The largest absolute Gasteiger partial charge is 0.381 e. The van der Waals surface area contributed by atoms with Crippen molar-refractivity contribution in [2.45, 2.75) is 18.9 Å². The van der Waals surface area contributed by atoms with E-state index in [0.29, 0.717) is 5.92 Å². The zero-order valence-corrected chi connectivity index (χ0v) is 8.60. The van der Waals surface area contributed by atoms with Gasteiger partial charge in [-0.05, 0) is 18.9 Å². The summed E-state index contributed by atoms with van der Waals surface area (Å²) in [7, 11) is 0. The van der Waals surface area contributed by atoms with Gasteiger partial charge in [-0.25, -0.2) is 9.97 Å². The van der Waals surface area contributed by atoms with Crippen LogP contribution in [0.5, 0.6) is 0 Å². The van der Waals surface area contributed by atoms with Gasteiger partial charge in [-0.3, -0.25) is 11.3 Å². The molecule has 82 valence electrons. The second-order valence-electron chi connectivity index (χ2n) is 3.76. The topological polar surface area (TPSA) is 73.1 Å². The first-order valence-electron chi connectivity index (χ1n) is 5.21. The number of hydrogen-bond donors (Lipinski definition) is 2. The number of hydrogen-bond acceptors (Lipinski definition) is 5. The molecule has 15 heavy (non-hydrogen) atoms. The Balaban J connectivity index is 2.09. The first-order chi connectivity index (χ1) is 7.42. The van der Waals surface area contributed by atoms with Crippen molar-refractivity contribution in [3.8, 4) is 0 Å². The van der Waals surface area contributed by atoms with E-state index >= 15 is 0 Å². The van der Waals surface area contributed by atoms with Crippen molar-refractivity contribution in [1.29, 1.82) is 0 Å². The number of nitrogens with two attached hydrogens (primary N) is 1. The van der Waals surface area contributed by atoms with Gasteiger partial charge in [-0.15, -0.1) is 0 Å². The summed E-state index contributed by atoms with van der Waals surface area (Å²) in [6.45, 7) is 1.61. The number of nitrogens with one attached hydrogen (secondary N) is 1. The van der Waals surface area contributed by atoms with Crippen LogP contribution in [0.25, 0.3) is 0 Å². The maximum Gasteiger partial charge on any atom is 0.115 e. The molecule has 1 saturated heterocycles. The molecule has 0 radical (unpaired) electrons. The van der Waals surface area contributed by atoms with Gasteiger partial charge in [0.15, 0.2) is 0 Å². The number of hydrazine groups is 1. The van der Waals surface area contributed by atoms with Gasteiger partial charge in [-0.1, -0.05) is 0 Å². The van der Waals surface area contributed by atoms with Gasteiger partial charge in [0.25, 0.3) is 0 Å². The van der Waals surface area contributed by atoms with Crippen LogP contribution in [0.2, 0.25) is 0 Å². The Morgan fingerprint density at radius 1 is 1.60 bits per heavy atom. The van der Waals surface area contributed by atoms with Gasteiger partial charge in [0.2, 0.25) is 0 Å². The average molecular weight is 208 g/mol. The third-order valence-corrected chi connectivity index (χ3v) is 2.77. The highest BCUT2D eigenvalue weighted by atomic mass is 16.5. The van der Waals surface area contributed by atoms with Crippen LogP contribution in [0, 0.1) is 5.92 Å². The smallest absolute Gasteiger partial charge is 0.115 e. The Morgan fingerprint density at radius 3 is 3.13 bits per heavy atom. The molecule has 0 amide bonds. The minimum atomic E-state index is 0.0632. The third kappa shape index (κ3) is 2.50. The van der Waals surface area contributed by atoms with E-state index in [-0.39, 0.29) is 6.04 Å². The van der Waals surface area contributed by atoms with Crippen LogP contribution in [0.15, 0.2) is 18.6 Å². The molecule has 3 N–H and O–H groups in total. The lowest BCUT2D eigenvalue weighted by Gasteiger charge is -2.29. The number of nitrogens with zero attached hydrogens (tertiary/aromatic N) is 2. The molecule has 2 unspecified atom stereocenters. The molecule has 2 atom stereocenters. The van der Waals surface area contributed by atoms with E-state index in [9.17, 15) is 0 Å². The van der Waals surface area contributed by atoms with Crippen molar-refractivity contribution in [2.24, 2.45) is 11.8 Å². The Hall–Kier alpha value is -1.04. The molecular formula is C10H16N4O. The van der Waals surface area contributed by atoms with E-state index in [0.717, 1.165) is 31.7 Å². The van der Waals surface area contributed by atoms with Crippen LogP contribution in [0.3, 0.4) is 0 Å². The lowest BCUT2D eigenvalue weighted by Crippen LogP contribution is -2.37. The summed E-state index contributed by atoms with van der Waals surface area (Å²) in [6.07, 6.45) is 5.49. The number of aromatic nitrogens is 2. The van der Waals surface area contributed by atoms with Gasteiger partial charge < -0.3 is 4.74 Å². The fraction of sp³-hybridized carbons (Fsp3) is 0.600. The van der Waals surface area contributed by atoms with Crippen LogP contribution in [-0.2, 0) is 4.74 Å². The second-order valence-corrected chi connectivity index (χ2v) is 3.76. The van der Waals surface area contributed by atoms with Crippen LogP contribution in [0.4, 0.5) is 0 Å².